The monoisotopic (exact) mass is 387 g/mol. The van der Waals surface area contributed by atoms with Crippen LogP contribution in [0.2, 0.25) is 5.02 Å². The molecule has 0 radical (unpaired) electrons. The summed E-state index contributed by atoms with van der Waals surface area (Å²) in [6.07, 6.45) is 0. The van der Waals surface area contributed by atoms with Gasteiger partial charge in [-0.3, -0.25) is 0 Å². The number of benzene rings is 1. The first-order valence-electron chi connectivity index (χ1n) is 6.25. The van der Waals surface area contributed by atoms with E-state index in [1.807, 2.05) is 26.8 Å². The number of hydrogen-bond donors (Lipinski definition) is 1. The fraction of sp³-hybridized carbons (Fsp3) is 0.267. The number of ether oxygens (including phenoxy) is 1. The maximum absolute atomic E-state index is 12.1. The molecule has 2 N–H and O–H groups in total. The van der Waals surface area contributed by atoms with Gasteiger partial charge in [-0.25, -0.2) is 4.79 Å². The van der Waals surface area contributed by atoms with Gasteiger partial charge in [-0.1, -0.05) is 33.6 Å². The Morgan fingerprint density at radius 1 is 1.33 bits per heavy atom. The summed E-state index contributed by atoms with van der Waals surface area (Å²) in [4.78, 5) is 13.4. The second kappa shape index (κ2) is 5.99. The van der Waals surface area contributed by atoms with Crippen molar-refractivity contribution >= 4 is 50.5 Å². The summed E-state index contributed by atoms with van der Waals surface area (Å²) in [6, 6.07) is 7.26. The van der Waals surface area contributed by atoms with Crippen molar-refractivity contribution in [3.8, 4) is 10.4 Å². The molecule has 0 atom stereocenters. The number of hydrogen-bond acceptors (Lipinski definition) is 4. The van der Waals surface area contributed by atoms with Crippen LogP contribution in [0.15, 0.2) is 28.7 Å². The molecule has 0 fully saturated rings. The van der Waals surface area contributed by atoms with Crippen molar-refractivity contribution in [3.05, 3.63) is 38.6 Å². The lowest BCUT2D eigenvalue weighted by Gasteiger charge is -2.18. The Labute approximate surface area is 141 Å². The van der Waals surface area contributed by atoms with Crippen molar-refractivity contribution in [1.82, 2.24) is 0 Å². The minimum Gasteiger partial charge on any atom is -0.456 e. The van der Waals surface area contributed by atoms with Gasteiger partial charge in [-0.2, -0.15) is 0 Å². The van der Waals surface area contributed by atoms with Gasteiger partial charge in [0.2, 0.25) is 0 Å². The first-order chi connectivity index (χ1) is 9.67. The van der Waals surface area contributed by atoms with Gasteiger partial charge in [-0.05, 0) is 39.0 Å². The standard InChI is InChI=1S/C15H15BrClNO2S/c1-15(2,3)20-14(19)13-11(18)7-12(21-13)9-5-4-8(17)6-10(9)16/h4-7H,18H2,1-3H3. The topological polar surface area (TPSA) is 52.3 Å². The van der Waals surface area contributed by atoms with Crippen LogP contribution in [0.1, 0.15) is 30.4 Å². The van der Waals surface area contributed by atoms with Crippen molar-refractivity contribution in [2.45, 2.75) is 26.4 Å². The van der Waals surface area contributed by atoms with Gasteiger partial charge < -0.3 is 10.5 Å². The van der Waals surface area contributed by atoms with Crippen LogP contribution < -0.4 is 5.73 Å². The SMILES string of the molecule is CC(C)(C)OC(=O)c1sc(-c2ccc(Cl)cc2Br)cc1N. The van der Waals surface area contributed by atoms with E-state index in [0.717, 1.165) is 14.9 Å². The Bertz CT molecular complexity index is 691. The second-order valence-electron chi connectivity index (χ2n) is 5.52. The summed E-state index contributed by atoms with van der Waals surface area (Å²) < 4.78 is 6.22. The van der Waals surface area contributed by atoms with Gasteiger partial charge in [0.15, 0.2) is 0 Å². The summed E-state index contributed by atoms with van der Waals surface area (Å²) >= 11 is 10.7. The normalized spacial score (nSPS) is 11.5. The van der Waals surface area contributed by atoms with E-state index >= 15 is 0 Å². The van der Waals surface area contributed by atoms with E-state index in [1.54, 1.807) is 18.2 Å². The molecule has 21 heavy (non-hydrogen) atoms. The van der Waals surface area contributed by atoms with Crippen LogP contribution in [0, 0.1) is 0 Å². The molecule has 0 saturated carbocycles. The zero-order chi connectivity index (χ0) is 15.8. The first kappa shape index (κ1) is 16.3. The number of nitrogen functional groups attached to an aromatic ring is 1. The molecule has 0 aliphatic carbocycles. The summed E-state index contributed by atoms with van der Waals surface area (Å²) in [6.45, 7) is 5.47. The largest absolute Gasteiger partial charge is 0.456 e. The van der Waals surface area contributed by atoms with Crippen LogP contribution in [-0.2, 0) is 4.74 Å². The van der Waals surface area contributed by atoms with Crippen LogP contribution in [0.5, 0.6) is 0 Å². The number of halogens is 2. The molecule has 0 aliphatic heterocycles. The minimum atomic E-state index is -0.547. The molecule has 2 aromatic rings. The van der Waals surface area contributed by atoms with Crippen LogP contribution >= 0.6 is 38.9 Å². The number of carbonyl (C=O) groups excluding carboxylic acids is 1. The number of nitrogens with two attached hydrogens (primary N) is 1. The predicted octanol–water partition coefficient (Wildman–Crippen LogP) is 5.37. The van der Waals surface area contributed by atoms with Crippen LogP contribution in [-0.4, -0.2) is 11.6 Å². The Hall–Kier alpha value is -1.04. The zero-order valence-electron chi connectivity index (χ0n) is 11.9. The molecule has 3 nitrogen and oxygen atoms in total. The van der Waals surface area contributed by atoms with Crippen molar-refractivity contribution in [3.63, 3.8) is 0 Å². The van der Waals surface area contributed by atoms with Crippen molar-refractivity contribution in [1.29, 1.82) is 0 Å². The average Bonchev–Trinajstić information content (AvgIpc) is 2.68. The van der Waals surface area contributed by atoms with Gasteiger partial charge in [0, 0.05) is 19.9 Å². The molecule has 0 bridgehead atoms. The smallest absolute Gasteiger partial charge is 0.350 e. The maximum atomic E-state index is 12.1. The molecule has 1 heterocycles. The summed E-state index contributed by atoms with van der Waals surface area (Å²) in [5, 5.41) is 0.641. The van der Waals surface area contributed by atoms with E-state index in [9.17, 15) is 4.79 Å². The van der Waals surface area contributed by atoms with Gasteiger partial charge in [0.25, 0.3) is 0 Å². The van der Waals surface area contributed by atoms with Crippen LogP contribution in [0.3, 0.4) is 0 Å². The number of carbonyl (C=O) groups is 1. The summed E-state index contributed by atoms with van der Waals surface area (Å²) in [7, 11) is 0. The molecule has 0 amide bonds. The number of anilines is 1. The Balaban J connectivity index is 2.37. The highest BCUT2D eigenvalue weighted by Gasteiger charge is 2.22. The van der Waals surface area contributed by atoms with Crippen molar-refractivity contribution < 1.29 is 9.53 Å². The van der Waals surface area contributed by atoms with Crippen molar-refractivity contribution in [2.24, 2.45) is 0 Å². The highest BCUT2D eigenvalue weighted by Crippen LogP contribution is 2.38. The third-order valence-electron chi connectivity index (χ3n) is 2.54. The average molecular weight is 389 g/mol. The third kappa shape index (κ3) is 3.99. The fourth-order valence-electron chi connectivity index (χ4n) is 1.71. The lowest BCUT2D eigenvalue weighted by molar-refractivity contribution is 0.00764. The molecule has 0 unspecified atom stereocenters. The van der Waals surface area contributed by atoms with E-state index < -0.39 is 11.6 Å². The molecule has 1 aromatic heterocycles. The molecule has 112 valence electrons. The maximum Gasteiger partial charge on any atom is 0.350 e. The Morgan fingerprint density at radius 2 is 2.00 bits per heavy atom. The fourth-order valence-corrected chi connectivity index (χ4v) is 3.73. The van der Waals surface area contributed by atoms with E-state index in [-0.39, 0.29) is 0 Å². The summed E-state index contributed by atoms with van der Waals surface area (Å²) in [5.74, 6) is -0.402. The molecule has 0 spiro atoms. The Kier molecular flexibility index (Phi) is 4.66. The Morgan fingerprint density at radius 3 is 2.57 bits per heavy atom. The quantitative estimate of drug-likeness (QED) is 0.704. The lowest BCUT2D eigenvalue weighted by atomic mass is 10.2. The van der Waals surface area contributed by atoms with E-state index in [4.69, 9.17) is 22.1 Å². The van der Waals surface area contributed by atoms with Gasteiger partial charge in [0.1, 0.15) is 10.5 Å². The molecular formula is C15H15BrClNO2S. The van der Waals surface area contributed by atoms with Crippen LogP contribution in [0.4, 0.5) is 5.69 Å². The van der Waals surface area contributed by atoms with Crippen molar-refractivity contribution in [2.75, 3.05) is 5.73 Å². The first-order valence-corrected chi connectivity index (χ1v) is 8.24. The summed E-state index contributed by atoms with van der Waals surface area (Å²) in [5.41, 5.74) is 6.76. The lowest BCUT2D eigenvalue weighted by Crippen LogP contribution is -2.23. The van der Waals surface area contributed by atoms with Gasteiger partial charge >= 0.3 is 5.97 Å². The molecule has 0 aliphatic rings. The predicted molar refractivity (Wildman–Crippen MR) is 92.0 cm³/mol. The third-order valence-corrected chi connectivity index (χ3v) is 4.60. The molecule has 6 heteroatoms. The zero-order valence-corrected chi connectivity index (χ0v) is 15.0. The van der Waals surface area contributed by atoms with Gasteiger partial charge in [0.05, 0.1) is 5.69 Å². The highest BCUT2D eigenvalue weighted by molar-refractivity contribution is 9.10. The van der Waals surface area contributed by atoms with Gasteiger partial charge in [-0.15, -0.1) is 11.3 Å². The number of rotatable bonds is 2. The molecule has 1 aromatic carbocycles. The highest BCUT2D eigenvalue weighted by atomic mass is 79.9. The molecule has 2 rings (SSSR count). The molecular weight excluding hydrogens is 374 g/mol. The number of thiophene rings is 1. The molecule has 0 saturated heterocycles. The van der Waals surface area contributed by atoms with E-state index in [1.165, 1.54) is 11.3 Å². The van der Waals surface area contributed by atoms with Crippen LogP contribution in [0.25, 0.3) is 10.4 Å². The minimum absolute atomic E-state index is 0.402. The van der Waals surface area contributed by atoms with E-state index in [0.29, 0.717) is 15.6 Å². The number of esters is 1. The second-order valence-corrected chi connectivity index (χ2v) is 7.86. The van der Waals surface area contributed by atoms with E-state index in [2.05, 4.69) is 15.9 Å².